The molecule has 1 aliphatic rings. The summed E-state index contributed by atoms with van der Waals surface area (Å²) in [4.78, 5) is 11.0. The minimum absolute atomic E-state index is 0.189. The normalized spacial score (nSPS) is 19.4. The van der Waals surface area contributed by atoms with Crippen molar-refractivity contribution < 1.29 is 14.3 Å². The van der Waals surface area contributed by atoms with Crippen molar-refractivity contribution in [2.45, 2.75) is 17.9 Å². The van der Waals surface area contributed by atoms with Crippen molar-refractivity contribution in [3.63, 3.8) is 0 Å². The van der Waals surface area contributed by atoms with Gasteiger partial charge in [-0.05, 0) is 16.7 Å². The van der Waals surface area contributed by atoms with Crippen molar-refractivity contribution in [1.29, 1.82) is 0 Å². The first kappa shape index (κ1) is 18.6. The molecule has 2 unspecified atom stereocenters. The Hall–Kier alpha value is -2.79. The van der Waals surface area contributed by atoms with Crippen LogP contribution in [0.15, 0.2) is 91.0 Å². The first-order valence-electron chi connectivity index (χ1n) is 9.47. The number of carbonyl (C=O) groups is 1. The highest BCUT2D eigenvalue weighted by atomic mass is 16.6. The van der Waals surface area contributed by atoms with E-state index < -0.39 is 11.8 Å². The Morgan fingerprint density at radius 2 is 1.32 bits per heavy atom. The van der Waals surface area contributed by atoms with Gasteiger partial charge in [0, 0.05) is 6.54 Å². The van der Waals surface area contributed by atoms with Crippen LogP contribution in [0.5, 0.6) is 0 Å². The minimum atomic E-state index is -0.771. The zero-order valence-corrected chi connectivity index (χ0v) is 15.5. The van der Waals surface area contributed by atoms with Gasteiger partial charge in [0.1, 0.15) is 5.60 Å². The standard InChI is InChI=1S/C24H23NO3/c26-17-23-25-16-22(28-23)18-27-24(19-10-4-1-5-11-19,20-12-6-2-7-13-20)21-14-8-3-9-15-21/h1-15,17,22-23,25H,16,18H2. The summed E-state index contributed by atoms with van der Waals surface area (Å²) < 4.78 is 12.4. The molecule has 0 radical (unpaired) electrons. The first-order valence-corrected chi connectivity index (χ1v) is 9.47. The summed E-state index contributed by atoms with van der Waals surface area (Å²) in [5.41, 5.74) is 2.37. The molecule has 0 spiro atoms. The van der Waals surface area contributed by atoms with E-state index in [1.165, 1.54) is 0 Å². The van der Waals surface area contributed by atoms with Crippen LogP contribution in [-0.2, 0) is 19.9 Å². The van der Waals surface area contributed by atoms with E-state index in [2.05, 4.69) is 41.7 Å². The molecule has 1 heterocycles. The molecule has 1 saturated heterocycles. The number of hydrogen-bond donors (Lipinski definition) is 1. The molecule has 28 heavy (non-hydrogen) atoms. The van der Waals surface area contributed by atoms with Crippen LogP contribution in [0.25, 0.3) is 0 Å². The van der Waals surface area contributed by atoms with E-state index in [4.69, 9.17) is 9.47 Å². The molecule has 1 N–H and O–H groups in total. The Kier molecular flexibility index (Phi) is 5.63. The van der Waals surface area contributed by atoms with Gasteiger partial charge in [-0.25, -0.2) is 0 Å². The van der Waals surface area contributed by atoms with Crippen LogP contribution in [0.2, 0.25) is 0 Å². The maximum Gasteiger partial charge on any atom is 0.165 e. The molecule has 4 rings (SSSR count). The summed E-state index contributed by atoms with van der Waals surface area (Å²) in [5.74, 6) is 0. The zero-order chi connectivity index (χ0) is 19.2. The van der Waals surface area contributed by atoms with Crippen LogP contribution in [0, 0.1) is 0 Å². The van der Waals surface area contributed by atoms with Gasteiger partial charge >= 0.3 is 0 Å². The highest BCUT2D eigenvalue weighted by Gasteiger charge is 2.39. The summed E-state index contributed by atoms with van der Waals surface area (Å²) in [6, 6.07) is 30.7. The maximum atomic E-state index is 11.0. The van der Waals surface area contributed by atoms with E-state index in [1.807, 2.05) is 54.6 Å². The zero-order valence-electron chi connectivity index (χ0n) is 15.5. The second-order valence-electron chi connectivity index (χ2n) is 6.81. The quantitative estimate of drug-likeness (QED) is 0.509. The van der Waals surface area contributed by atoms with Gasteiger partial charge in [-0.2, -0.15) is 0 Å². The largest absolute Gasteiger partial charge is 0.358 e. The molecule has 0 saturated carbocycles. The lowest BCUT2D eigenvalue weighted by Crippen LogP contribution is -2.36. The fraction of sp³-hybridized carbons (Fsp3) is 0.208. The monoisotopic (exact) mass is 373 g/mol. The van der Waals surface area contributed by atoms with E-state index in [0.717, 1.165) is 23.0 Å². The number of aldehydes is 1. The Labute approximate surface area is 165 Å². The Morgan fingerprint density at radius 1 is 0.857 bits per heavy atom. The lowest BCUT2D eigenvalue weighted by atomic mass is 9.80. The summed E-state index contributed by atoms with van der Waals surface area (Å²) in [7, 11) is 0. The summed E-state index contributed by atoms with van der Waals surface area (Å²) in [6.07, 6.45) is 0.0256. The smallest absolute Gasteiger partial charge is 0.165 e. The van der Waals surface area contributed by atoms with Crippen LogP contribution in [0.3, 0.4) is 0 Å². The van der Waals surface area contributed by atoms with Gasteiger partial charge in [-0.15, -0.1) is 0 Å². The van der Waals surface area contributed by atoms with Crippen molar-refractivity contribution in [2.24, 2.45) is 0 Å². The van der Waals surface area contributed by atoms with Crippen LogP contribution < -0.4 is 5.32 Å². The SMILES string of the molecule is O=CC1NCC(COC(c2ccccc2)(c2ccccc2)c2ccccc2)O1. The molecule has 0 amide bonds. The number of carbonyl (C=O) groups excluding carboxylic acids is 1. The average Bonchev–Trinajstić information content (AvgIpc) is 3.25. The van der Waals surface area contributed by atoms with Gasteiger partial charge in [0.25, 0.3) is 0 Å². The van der Waals surface area contributed by atoms with Gasteiger partial charge < -0.3 is 9.47 Å². The third-order valence-corrected chi connectivity index (χ3v) is 5.04. The van der Waals surface area contributed by atoms with Crippen LogP contribution in [-0.4, -0.2) is 31.8 Å². The summed E-state index contributed by atoms with van der Waals surface area (Å²) in [5, 5.41) is 3.04. The van der Waals surface area contributed by atoms with E-state index in [-0.39, 0.29) is 6.10 Å². The molecule has 3 aromatic carbocycles. The molecule has 1 aliphatic heterocycles. The third kappa shape index (κ3) is 3.62. The second kappa shape index (κ2) is 8.48. The highest BCUT2D eigenvalue weighted by molar-refractivity contribution is 5.55. The molecular weight excluding hydrogens is 350 g/mol. The van der Waals surface area contributed by atoms with E-state index in [9.17, 15) is 4.79 Å². The molecule has 0 aromatic heterocycles. The predicted octanol–water partition coefficient (Wildman–Crippen LogP) is 3.51. The summed E-state index contributed by atoms with van der Waals surface area (Å²) in [6.45, 7) is 0.938. The van der Waals surface area contributed by atoms with E-state index in [0.29, 0.717) is 13.2 Å². The van der Waals surface area contributed by atoms with Crippen molar-refractivity contribution >= 4 is 6.29 Å². The van der Waals surface area contributed by atoms with Crippen LogP contribution in [0.4, 0.5) is 0 Å². The molecule has 4 nitrogen and oxygen atoms in total. The second-order valence-corrected chi connectivity index (χ2v) is 6.81. The number of hydrogen-bond acceptors (Lipinski definition) is 4. The fourth-order valence-electron chi connectivity index (χ4n) is 3.72. The Morgan fingerprint density at radius 3 is 1.71 bits per heavy atom. The molecule has 0 bridgehead atoms. The van der Waals surface area contributed by atoms with Gasteiger partial charge in [0.05, 0.1) is 12.7 Å². The van der Waals surface area contributed by atoms with Crippen molar-refractivity contribution in [1.82, 2.24) is 5.32 Å². The maximum absolute atomic E-state index is 11.0. The molecule has 2 atom stereocenters. The van der Waals surface area contributed by atoms with Gasteiger partial charge in [0.2, 0.25) is 0 Å². The lowest BCUT2D eigenvalue weighted by molar-refractivity contribution is -0.121. The minimum Gasteiger partial charge on any atom is -0.358 e. The Bertz CT molecular complexity index is 787. The van der Waals surface area contributed by atoms with E-state index in [1.54, 1.807) is 0 Å². The molecule has 1 fully saturated rings. The number of rotatable bonds is 7. The lowest BCUT2D eigenvalue weighted by Gasteiger charge is -2.36. The Balaban J connectivity index is 1.78. The van der Waals surface area contributed by atoms with Gasteiger partial charge in [-0.3, -0.25) is 10.1 Å². The van der Waals surface area contributed by atoms with E-state index >= 15 is 0 Å². The van der Waals surface area contributed by atoms with Crippen molar-refractivity contribution in [3.05, 3.63) is 108 Å². The van der Waals surface area contributed by atoms with Crippen molar-refractivity contribution in [2.75, 3.05) is 13.2 Å². The number of benzene rings is 3. The molecule has 0 aliphatic carbocycles. The molecular formula is C24H23NO3. The third-order valence-electron chi connectivity index (χ3n) is 5.04. The average molecular weight is 373 g/mol. The molecule has 142 valence electrons. The van der Waals surface area contributed by atoms with Crippen LogP contribution in [0.1, 0.15) is 16.7 Å². The van der Waals surface area contributed by atoms with Crippen LogP contribution >= 0.6 is 0 Å². The topological polar surface area (TPSA) is 47.6 Å². The molecule has 4 heteroatoms. The number of nitrogens with one attached hydrogen (secondary N) is 1. The van der Waals surface area contributed by atoms with Gasteiger partial charge in [-0.1, -0.05) is 91.0 Å². The molecule has 3 aromatic rings. The summed E-state index contributed by atoms with van der Waals surface area (Å²) >= 11 is 0. The predicted molar refractivity (Wildman–Crippen MR) is 108 cm³/mol. The van der Waals surface area contributed by atoms with Gasteiger partial charge in [0.15, 0.2) is 12.5 Å². The fourth-order valence-corrected chi connectivity index (χ4v) is 3.72. The highest BCUT2D eigenvalue weighted by Crippen LogP contribution is 2.40. The van der Waals surface area contributed by atoms with Crippen molar-refractivity contribution in [3.8, 4) is 0 Å². The first-order chi connectivity index (χ1) is 13.8. The number of ether oxygens (including phenoxy) is 2.